The summed E-state index contributed by atoms with van der Waals surface area (Å²) in [7, 11) is -3.98. The van der Waals surface area contributed by atoms with Crippen molar-refractivity contribution >= 4 is 15.7 Å². The van der Waals surface area contributed by atoms with Crippen LogP contribution < -0.4 is 9.46 Å². The number of nitrogens with one attached hydrogen (secondary N) is 1. The largest absolute Gasteiger partial charge is 0.492 e. The lowest BCUT2D eigenvalue weighted by Gasteiger charge is -2.10. The van der Waals surface area contributed by atoms with Crippen molar-refractivity contribution in [3.8, 4) is 5.75 Å². The van der Waals surface area contributed by atoms with Gasteiger partial charge in [0.25, 0.3) is 5.69 Å². The fourth-order valence-electron chi connectivity index (χ4n) is 2.06. The number of hydrogen-bond donors (Lipinski definition) is 1. The maximum atomic E-state index is 12.2. The molecule has 1 N–H and O–H groups in total. The van der Waals surface area contributed by atoms with Gasteiger partial charge in [-0.1, -0.05) is 18.2 Å². The molecule has 0 saturated heterocycles. The van der Waals surface area contributed by atoms with Crippen LogP contribution in [-0.4, -0.2) is 26.5 Å². The third-order valence-corrected chi connectivity index (χ3v) is 5.00. The molecule has 128 valence electrons. The van der Waals surface area contributed by atoms with E-state index in [9.17, 15) is 18.5 Å². The molecule has 2 aromatic rings. The number of benzene rings is 2. The second-order valence-electron chi connectivity index (χ2n) is 5.22. The van der Waals surface area contributed by atoms with Crippen LogP contribution in [0, 0.1) is 24.0 Å². The molecule has 2 aromatic carbocycles. The molecule has 24 heavy (non-hydrogen) atoms. The minimum Gasteiger partial charge on any atom is -0.492 e. The average Bonchev–Trinajstić information content (AvgIpc) is 2.55. The Morgan fingerprint density at radius 1 is 1.12 bits per heavy atom. The van der Waals surface area contributed by atoms with E-state index in [-0.39, 0.29) is 18.0 Å². The van der Waals surface area contributed by atoms with E-state index in [1.54, 1.807) is 6.07 Å². The second-order valence-corrected chi connectivity index (χ2v) is 6.95. The lowest BCUT2D eigenvalue weighted by atomic mass is 10.1. The summed E-state index contributed by atoms with van der Waals surface area (Å²) in [5.41, 5.74) is 1.76. The zero-order valence-corrected chi connectivity index (χ0v) is 14.2. The van der Waals surface area contributed by atoms with Crippen molar-refractivity contribution in [3.05, 3.63) is 63.7 Å². The first-order chi connectivity index (χ1) is 11.3. The Kier molecular flexibility index (Phi) is 5.53. The normalized spacial score (nSPS) is 11.2. The van der Waals surface area contributed by atoms with E-state index in [0.717, 1.165) is 17.2 Å². The van der Waals surface area contributed by atoms with Crippen molar-refractivity contribution in [2.45, 2.75) is 18.7 Å². The number of nitro benzene ring substituents is 1. The zero-order chi connectivity index (χ0) is 17.7. The molecular weight excluding hydrogens is 332 g/mol. The fraction of sp³-hybridized carbons (Fsp3) is 0.250. The highest BCUT2D eigenvalue weighted by molar-refractivity contribution is 7.89. The first kappa shape index (κ1) is 17.9. The van der Waals surface area contributed by atoms with E-state index in [0.29, 0.717) is 5.75 Å². The Morgan fingerprint density at radius 3 is 2.50 bits per heavy atom. The van der Waals surface area contributed by atoms with Crippen molar-refractivity contribution < 1.29 is 18.1 Å². The molecule has 0 heterocycles. The van der Waals surface area contributed by atoms with Gasteiger partial charge in [-0.05, 0) is 43.2 Å². The van der Waals surface area contributed by atoms with Crippen LogP contribution in [0.5, 0.6) is 5.75 Å². The Morgan fingerprint density at radius 2 is 1.83 bits per heavy atom. The Labute approximate surface area is 140 Å². The number of nitrogens with zero attached hydrogens (tertiary/aromatic N) is 1. The lowest BCUT2D eigenvalue weighted by Crippen LogP contribution is -2.28. The Bertz CT molecular complexity index is 849. The molecule has 0 bridgehead atoms. The number of sulfonamides is 1. The van der Waals surface area contributed by atoms with Gasteiger partial charge in [0.1, 0.15) is 12.4 Å². The van der Waals surface area contributed by atoms with Gasteiger partial charge in [-0.15, -0.1) is 0 Å². The van der Waals surface area contributed by atoms with Crippen LogP contribution in [0.2, 0.25) is 0 Å². The van der Waals surface area contributed by atoms with Crippen molar-refractivity contribution in [3.63, 3.8) is 0 Å². The Balaban J connectivity index is 1.98. The number of nitro groups is 1. The molecule has 0 unspecified atom stereocenters. The van der Waals surface area contributed by atoms with Crippen LogP contribution in [0.25, 0.3) is 0 Å². The molecule has 2 rings (SSSR count). The van der Waals surface area contributed by atoms with Gasteiger partial charge in [0.2, 0.25) is 10.0 Å². The SMILES string of the molecule is Cc1ccc(OCCNS(=O)(=O)c2ccccc2[N+](=O)[O-])cc1C. The van der Waals surface area contributed by atoms with Crippen molar-refractivity contribution in [1.29, 1.82) is 0 Å². The number of para-hydroxylation sites is 1. The maximum Gasteiger partial charge on any atom is 0.289 e. The van der Waals surface area contributed by atoms with Gasteiger partial charge in [0, 0.05) is 12.6 Å². The first-order valence-electron chi connectivity index (χ1n) is 7.24. The van der Waals surface area contributed by atoms with Crippen molar-refractivity contribution in [1.82, 2.24) is 4.72 Å². The van der Waals surface area contributed by atoms with Crippen molar-refractivity contribution in [2.75, 3.05) is 13.2 Å². The van der Waals surface area contributed by atoms with Gasteiger partial charge >= 0.3 is 0 Å². The third kappa shape index (κ3) is 4.30. The minimum absolute atomic E-state index is 0.00130. The number of aryl methyl sites for hydroxylation is 2. The smallest absolute Gasteiger partial charge is 0.289 e. The van der Waals surface area contributed by atoms with Crippen LogP contribution in [0.1, 0.15) is 11.1 Å². The topological polar surface area (TPSA) is 98.5 Å². The summed E-state index contributed by atoms with van der Waals surface area (Å²) in [5.74, 6) is 0.642. The predicted octanol–water partition coefficient (Wildman–Crippen LogP) is 2.57. The van der Waals surface area contributed by atoms with E-state index in [1.165, 1.54) is 18.2 Å². The van der Waals surface area contributed by atoms with Crippen LogP contribution in [0.4, 0.5) is 5.69 Å². The van der Waals surface area contributed by atoms with E-state index < -0.39 is 20.6 Å². The summed E-state index contributed by atoms with van der Waals surface area (Å²) in [5, 5.41) is 10.9. The molecule has 0 saturated carbocycles. The van der Waals surface area contributed by atoms with Crippen LogP contribution in [-0.2, 0) is 10.0 Å². The molecule has 0 aliphatic carbocycles. The summed E-state index contributed by atoms with van der Waals surface area (Å²) in [4.78, 5) is 9.85. The maximum absolute atomic E-state index is 12.2. The Hall–Kier alpha value is -2.45. The summed E-state index contributed by atoms with van der Waals surface area (Å²) >= 11 is 0. The molecule has 7 nitrogen and oxygen atoms in total. The van der Waals surface area contributed by atoms with E-state index >= 15 is 0 Å². The number of rotatable bonds is 7. The second kappa shape index (κ2) is 7.41. The zero-order valence-electron chi connectivity index (χ0n) is 13.4. The average molecular weight is 350 g/mol. The molecule has 0 aromatic heterocycles. The molecule has 0 spiro atoms. The van der Waals surface area contributed by atoms with Crippen LogP contribution in [0.15, 0.2) is 47.4 Å². The van der Waals surface area contributed by atoms with Gasteiger partial charge in [-0.25, -0.2) is 13.1 Å². The van der Waals surface area contributed by atoms with E-state index in [1.807, 2.05) is 26.0 Å². The summed E-state index contributed by atoms with van der Waals surface area (Å²) < 4.78 is 32.2. The minimum atomic E-state index is -3.98. The van der Waals surface area contributed by atoms with Gasteiger partial charge in [-0.2, -0.15) is 0 Å². The van der Waals surface area contributed by atoms with Crippen molar-refractivity contribution in [2.24, 2.45) is 0 Å². The molecule has 0 amide bonds. The molecular formula is C16H18N2O5S. The number of hydrogen-bond acceptors (Lipinski definition) is 5. The number of ether oxygens (including phenoxy) is 1. The third-order valence-electron chi connectivity index (χ3n) is 3.49. The lowest BCUT2D eigenvalue weighted by molar-refractivity contribution is -0.387. The molecule has 0 aliphatic heterocycles. The van der Waals surface area contributed by atoms with Crippen LogP contribution >= 0.6 is 0 Å². The van der Waals surface area contributed by atoms with Gasteiger partial charge < -0.3 is 4.74 Å². The highest BCUT2D eigenvalue weighted by Gasteiger charge is 2.24. The standard InChI is InChI=1S/C16H18N2O5S/c1-12-7-8-14(11-13(12)2)23-10-9-17-24(21,22)16-6-4-3-5-15(16)18(19)20/h3-8,11,17H,9-10H2,1-2H3. The fourth-order valence-corrected chi connectivity index (χ4v) is 3.24. The highest BCUT2D eigenvalue weighted by Crippen LogP contribution is 2.22. The quantitative estimate of drug-likeness (QED) is 0.470. The first-order valence-corrected chi connectivity index (χ1v) is 8.73. The molecule has 0 fully saturated rings. The summed E-state index contributed by atoms with van der Waals surface area (Å²) in [6, 6.07) is 10.8. The van der Waals surface area contributed by atoms with Crippen LogP contribution in [0.3, 0.4) is 0 Å². The van der Waals surface area contributed by atoms with E-state index in [4.69, 9.17) is 4.74 Å². The van der Waals surface area contributed by atoms with Gasteiger partial charge in [0.15, 0.2) is 4.90 Å². The molecule has 8 heteroatoms. The highest BCUT2D eigenvalue weighted by atomic mass is 32.2. The molecule has 0 radical (unpaired) electrons. The summed E-state index contributed by atoms with van der Waals surface area (Å²) in [6.07, 6.45) is 0. The van der Waals surface area contributed by atoms with Gasteiger partial charge in [0.05, 0.1) is 4.92 Å². The molecule has 0 aliphatic rings. The summed E-state index contributed by atoms with van der Waals surface area (Å²) in [6.45, 7) is 4.06. The van der Waals surface area contributed by atoms with E-state index in [2.05, 4.69) is 4.72 Å². The monoisotopic (exact) mass is 350 g/mol. The molecule has 0 atom stereocenters. The predicted molar refractivity (Wildman–Crippen MR) is 89.7 cm³/mol. The van der Waals surface area contributed by atoms with Gasteiger partial charge in [-0.3, -0.25) is 10.1 Å².